The van der Waals surface area contributed by atoms with Gasteiger partial charge in [0.2, 0.25) is 11.9 Å². The van der Waals surface area contributed by atoms with Crippen LogP contribution in [0.1, 0.15) is 24.8 Å². The minimum Gasteiger partial charge on any atom is -0.369 e. The predicted octanol–water partition coefficient (Wildman–Crippen LogP) is 1.16. The summed E-state index contributed by atoms with van der Waals surface area (Å²) in [6, 6.07) is 7.68. The van der Waals surface area contributed by atoms with Crippen molar-refractivity contribution in [2.75, 3.05) is 5.73 Å². The number of benzene rings is 1. The molecule has 1 aromatic heterocycles. The summed E-state index contributed by atoms with van der Waals surface area (Å²) in [5.41, 5.74) is 7.97. The summed E-state index contributed by atoms with van der Waals surface area (Å²) in [7, 11) is 0. The molecule has 1 aliphatic rings. The van der Waals surface area contributed by atoms with Crippen molar-refractivity contribution in [3.05, 3.63) is 23.8 Å². The molecule has 0 unspecified atom stereocenters. The number of carbonyl (C=O) groups excluding carboxylic acids is 1. The van der Waals surface area contributed by atoms with Gasteiger partial charge in [-0.25, -0.2) is 4.98 Å². The lowest BCUT2D eigenvalue weighted by Gasteiger charge is -2.07. The predicted molar refractivity (Wildman–Crippen MR) is 74.6 cm³/mol. The Kier molecular flexibility index (Phi) is 3.03. The minimum absolute atomic E-state index is 0.0326. The highest BCUT2D eigenvalue weighted by molar-refractivity contribution is 5.81. The van der Waals surface area contributed by atoms with Gasteiger partial charge in [0.1, 0.15) is 0 Å². The third-order valence-electron chi connectivity index (χ3n) is 3.41. The fraction of sp³-hybridized carbons (Fsp3) is 0.357. The van der Waals surface area contributed by atoms with E-state index in [1.165, 1.54) is 0 Å². The number of hydrogen-bond acceptors (Lipinski definition) is 4. The Hall–Kier alpha value is -2.55. The molecule has 0 bridgehead atoms. The Balaban J connectivity index is 1.80. The Bertz CT molecular complexity index is 708. The Morgan fingerprint density at radius 2 is 2.35 bits per heavy atom. The van der Waals surface area contributed by atoms with Gasteiger partial charge in [-0.15, -0.1) is 0 Å². The minimum atomic E-state index is 0.0326. The number of nitrogen functional groups attached to an aromatic ring is 1. The Morgan fingerprint density at radius 3 is 3.05 bits per heavy atom. The summed E-state index contributed by atoms with van der Waals surface area (Å²) in [6.45, 7) is 0.468. The number of amides is 1. The number of carbonyl (C=O) groups is 1. The molecule has 2 aromatic rings. The van der Waals surface area contributed by atoms with Crippen molar-refractivity contribution in [3.63, 3.8) is 0 Å². The third-order valence-corrected chi connectivity index (χ3v) is 3.41. The zero-order chi connectivity index (χ0) is 14.1. The molecule has 0 atom stereocenters. The highest BCUT2D eigenvalue weighted by atomic mass is 16.1. The summed E-state index contributed by atoms with van der Waals surface area (Å²) in [5.74, 6) is 0.402. The van der Waals surface area contributed by atoms with E-state index in [-0.39, 0.29) is 5.91 Å². The molecule has 1 heterocycles. The zero-order valence-corrected chi connectivity index (χ0v) is 11.0. The fourth-order valence-electron chi connectivity index (χ4n) is 2.19. The fourth-order valence-corrected chi connectivity index (χ4v) is 2.19. The first-order chi connectivity index (χ1) is 9.67. The molecule has 0 saturated heterocycles. The molecule has 1 aliphatic carbocycles. The molecule has 1 saturated carbocycles. The van der Waals surface area contributed by atoms with Crippen LogP contribution in [0.25, 0.3) is 11.0 Å². The number of aryl methyl sites for hydroxylation is 1. The first kappa shape index (κ1) is 12.5. The van der Waals surface area contributed by atoms with Crippen LogP contribution in [0.2, 0.25) is 0 Å². The van der Waals surface area contributed by atoms with Crippen molar-refractivity contribution < 1.29 is 4.79 Å². The second-order valence-electron chi connectivity index (χ2n) is 5.03. The number of hydrogen-bond donors (Lipinski definition) is 2. The van der Waals surface area contributed by atoms with Gasteiger partial charge in [0, 0.05) is 19.0 Å². The van der Waals surface area contributed by atoms with Crippen molar-refractivity contribution in [1.29, 1.82) is 5.26 Å². The van der Waals surface area contributed by atoms with E-state index in [9.17, 15) is 4.79 Å². The number of aromatic nitrogens is 2. The van der Waals surface area contributed by atoms with E-state index in [1.807, 2.05) is 0 Å². The van der Waals surface area contributed by atoms with Gasteiger partial charge in [0.15, 0.2) is 0 Å². The largest absolute Gasteiger partial charge is 0.369 e. The van der Waals surface area contributed by atoms with Gasteiger partial charge in [-0.05, 0) is 31.0 Å². The second-order valence-corrected chi connectivity index (χ2v) is 5.03. The summed E-state index contributed by atoms with van der Waals surface area (Å²) < 4.78 is 1.78. The number of rotatable bonds is 4. The van der Waals surface area contributed by atoms with Gasteiger partial charge in [0.05, 0.1) is 22.7 Å². The van der Waals surface area contributed by atoms with E-state index in [2.05, 4.69) is 16.4 Å². The quantitative estimate of drug-likeness (QED) is 0.870. The van der Waals surface area contributed by atoms with Crippen LogP contribution >= 0.6 is 0 Å². The molecule has 3 rings (SSSR count). The van der Waals surface area contributed by atoms with E-state index < -0.39 is 0 Å². The molecule has 1 amide bonds. The SMILES string of the molecule is N#Cc1ccc2nc(N)n(CCC(=O)NC3CC3)c2c1. The molecule has 0 radical (unpaired) electrons. The Labute approximate surface area is 116 Å². The summed E-state index contributed by atoms with van der Waals surface area (Å²) in [5, 5.41) is 11.9. The van der Waals surface area contributed by atoms with Crippen LogP contribution in [0.15, 0.2) is 18.2 Å². The molecular weight excluding hydrogens is 254 g/mol. The summed E-state index contributed by atoms with van der Waals surface area (Å²) >= 11 is 0. The highest BCUT2D eigenvalue weighted by Crippen LogP contribution is 2.21. The van der Waals surface area contributed by atoms with E-state index in [0.717, 1.165) is 23.9 Å². The van der Waals surface area contributed by atoms with Crippen LogP contribution in [0.3, 0.4) is 0 Å². The number of imidazole rings is 1. The van der Waals surface area contributed by atoms with E-state index in [1.54, 1.807) is 22.8 Å². The van der Waals surface area contributed by atoms with Crippen LogP contribution in [0.4, 0.5) is 5.95 Å². The summed E-state index contributed by atoms with van der Waals surface area (Å²) in [4.78, 5) is 16.0. The first-order valence-electron chi connectivity index (χ1n) is 6.62. The maximum Gasteiger partial charge on any atom is 0.222 e. The van der Waals surface area contributed by atoms with Gasteiger partial charge in [0.25, 0.3) is 0 Å². The standard InChI is InChI=1S/C14H15N5O/c15-8-9-1-4-11-12(7-9)19(14(16)18-11)6-5-13(20)17-10-2-3-10/h1,4,7,10H,2-3,5-6H2,(H2,16,18)(H,17,20). The Morgan fingerprint density at radius 1 is 1.55 bits per heavy atom. The first-order valence-corrected chi connectivity index (χ1v) is 6.62. The lowest BCUT2D eigenvalue weighted by Crippen LogP contribution is -2.26. The number of nitriles is 1. The lowest BCUT2D eigenvalue weighted by atomic mass is 10.2. The molecule has 3 N–H and O–H groups in total. The molecule has 20 heavy (non-hydrogen) atoms. The van der Waals surface area contributed by atoms with Crippen molar-refractivity contribution >= 4 is 22.9 Å². The van der Waals surface area contributed by atoms with Crippen molar-refractivity contribution in [1.82, 2.24) is 14.9 Å². The number of anilines is 1. The van der Waals surface area contributed by atoms with Crippen LogP contribution in [0, 0.1) is 11.3 Å². The maximum atomic E-state index is 11.7. The molecule has 6 heteroatoms. The molecule has 1 aromatic carbocycles. The molecular formula is C14H15N5O. The normalized spacial score (nSPS) is 14.2. The monoisotopic (exact) mass is 269 g/mol. The number of nitrogens with two attached hydrogens (primary N) is 1. The van der Waals surface area contributed by atoms with E-state index in [4.69, 9.17) is 11.0 Å². The molecule has 0 spiro atoms. The smallest absolute Gasteiger partial charge is 0.222 e. The number of fused-ring (bicyclic) bond motifs is 1. The van der Waals surface area contributed by atoms with Gasteiger partial charge >= 0.3 is 0 Å². The van der Waals surface area contributed by atoms with Gasteiger partial charge in [-0.3, -0.25) is 4.79 Å². The molecule has 102 valence electrons. The van der Waals surface area contributed by atoms with E-state index >= 15 is 0 Å². The second kappa shape index (κ2) is 4.85. The van der Waals surface area contributed by atoms with Crippen LogP contribution < -0.4 is 11.1 Å². The van der Waals surface area contributed by atoms with Crippen molar-refractivity contribution in [3.8, 4) is 6.07 Å². The number of nitrogens with one attached hydrogen (secondary N) is 1. The molecule has 6 nitrogen and oxygen atoms in total. The highest BCUT2D eigenvalue weighted by Gasteiger charge is 2.23. The zero-order valence-electron chi connectivity index (χ0n) is 11.0. The van der Waals surface area contributed by atoms with Crippen molar-refractivity contribution in [2.45, 2.75) is 31.8 Å². The van der Waals surface area contributed by atoms with Gasteiger partial charge < -0.3 is 15.6 Å². The van der Waals surface area contributed by atoms with Crippen LogP contribution in [-0.4, -0.2) is 21.5 Å². The third kappa shape index (κ3) is 2.43. The number of nitrogens with zero attached hydrogens (tertiary/aromatic N) is 3. The molecule has 1 fully saturated rings. The average molecular weight is 269 g/mol. The summed E-state index contributed by atoms with van der Waals surface area (Å²) in [6.07, 6.45) is 2.52. The van der Waals surface area contributed by atoms with Crippen molar-refractivity contribution in [2.24, 2.45) is 0 Å². The van der Waals surface area contributed by atoms with Crippen LogP contribution in [0.5, 0.6) is 0 Å². The van der Waals surface area contributed by atoms with Gasteiger partial charge in [-0.1, -0.05) is 0 Å². The molecule has 0 aliphatic heterocycles. The lowest BCUT2D eigenvalue weighted by molar-refractivity contribution is -0.121. The van der Waals surface area contributed by atoms with Crippen LogP contribution in [-0.2, 0) is 11.3 Å². The van der Waals surface area contributed by atoms with Gasteiger partial charge in [-0.2, -0.15) is 5.26 Å². The topological polar surface area (TPSA) is 96.7 Å². The van der Waals surface area contributed by atoms with E-state index in [0.29, 0.717) is 30.5 Å². The average Bonchev–Trinajstić information content (AvgIpc) is 3.18. The maximum absolute atomic E-state index is 11.7.